The summed E-state index contributed by atoms with van der Waals surface area (Å²) in [5.41, 5.74) is 2.53. The molecule has 0 radical (unpaired) electrons. The number of aliphatic carboxylic acids is 1. The number of benzene rings is 1. The maximum atomic E-state index is 13.4. The van der Waals surface area contributed by atoms with E-state index in [1.165, 1.54) is 6.33 Å². The highest BCUT2D eigenvalue weighted by molar-refractivity contribution is 8.03. The first kappa shape index (κ1) is 22.3. The molecule has 0 spiro atoms. The summed E-state index contributed by atoms with van der Waals surface area (Å²) in [5.74, 6) is 0.0797. The van der Waals surface area contributed by atoms with Crippen molar-refractivity contribution in [2.45, 2.75) is 37.4 Å². The Morgan fingerprint density at radius 3 is 2.94 bits per heavy atom. The normalized spacial score (nSPS) is 27.9. The molecule has 1 aromatic carbocycles. The second-order valence-electron chi connectivity index (χ2n) is 9.03. The van der Waals surface area contributed by atoms with Gasteiger partial charge in [-0.1, -0.05) is 17.7 Å². The number of carboxylic acids is 1. The first-order chi connectivity index (χ1) is 17.0. The third-order valence-electron chi connectivity index (χ3n) is 6.95. The van der Waals surface area contributed by atoms with Gasteiger partial charge in [0.2, 0.25) is 5.91 Å². The van der Waals surface area contributed by atoms with Crippen LogP contribution in [0.1, 0.15) is 24.8 Å². The number of amidine groups is 1. The molecule has 10 nitrogen and oxygen atoms in total. The Balaban J connectivity index is 1.22. The van der Waals surface area contributed by atoms with Gasteiger partial charge in [0.15, 0.2) is 0 Å². The minimum atomic E-state index is -0.797. The molecule has 3 unspecified atom stereocenters. The molecule has 1 amide bonds. The number of nitrogens with one attached hydrogen (secondary N) is 1. The number of thioether (sulfide) groups is 1. The van der Waals surface area contributed by atoms with Crippen LogP contribution in [0.15, 0.2) is 46.6 Å². The van der Waals surface area contributed by atoms with Crippen LogP contribution in [-0.2, 0) is 9.59 Å². The van der Waals surface area contributed by atoms with Crippen molar-refractivity contribution in [1.82, 2.24) is 30.4 Å². The Hall–Kier alpha value is -3.18. The molecule has 1 saturated heterocycles. The number of hydrogen-bond acceptors (Lipinski definition) is 8. The number of halogens is 1. The first-order valence-corrected chi connectivity index (χ1v) is 12.8. The fourth-order valence-corrected chi connectivity index (χ4v) is 6.69. The number of aliphatic imine (C=N–C) groups is 1. The summed E-state index contributed by atoms with van der Waals surface area (Å²) in [4.78, 5) is 32.3. The van der Waals surface area contributed by atoms with Crippen molar-refractivity contribution >= 4 is 46.6 Å². The summed E-state index contributed by atoms with van der Waals surface area (Å²) in [7, 11) is 0. The van der Waals surface area contributed by atoms with E-state index in [2.05, 4.69) is 20.8 Å². The lowest BCUT2D eigenvalue weighted by molar-refractivity contribution is -0.139. The van der Waals surface area contributed by atoms with Crippen molar-refractivity contribution in [3.8, 4) is 5.69 Å². The SMILES string of the molecule is O=C(O)C1C=C(C2CN=C([C@@H]3CCC4CC(c5cc(Cl)ccc5-n5cnnn5)=CC(=O)N43)N2)SC1. The molecule has 0 saturated carbocycles. The number of tetrazole rings is 1. The van der Waals surface area contributed by atoms with Crippen LogP contribution in [-0.4, -0.2) is 78.3 Å². The predicted octanol–water partition coefficient (Wildman–Crippen LogP) is 2.16. The number of hydrogen-bond donors (Lipinski definition) is 2. The number of rotatable bonds is 5. The number of carboxylic acid groups (broad SMARTS) is 1. The smallest absolute Gasteiger partial charge is 0.311 e. The van der Waals surface area contributed by atoms with Gasteiger partial charge >= 0.3 is 5.97 Å². The molecule has 12 heteroatoms. The van der Waals surface area contributed by atoms with Crippen molar-refractivity contribution in [2.24, 2.45) is 10.9 Å². The van der Waals surface area contributed by atoms with E-state index < -0.39 is 11.9 Å². The number of carbonyl (C=O) groups excluding carboxylic acids is 1. The van der Waals surface area contributed by atoms with Gasteiger partial charge in [0.25, 0.3) is 0 Å². The summed E-state index contributed by atoms with van der Waals surface area (Å²) >= 11 is 7.87. The number of aromatic nitrogens is 4. The molecule has 2 aromatic rings. The monoisotopic (exact) mass is 511 g/mol. The highest BCUT2D eigenvalue weighted by Gasteiger charge is 2.44. The zero-order valence-electron chi connectivity index (χ0n) is 18.5. The van der Waals surface area contributed by atoms with E-state index in [0.717, 1.165) is 40.4 Å². The summed E-state index contributed by atoms with van der Waals surface area (Å²) < 4.78 is 1.57. The van der Waals surface area contributed by atoms with Crippen LogP contribution in [0, 0.1) is 5.92 Å². The Kier molecular flexibility index (Phi) is 5.60. The molecule has 2 N–H and O–H groups in total. The zero-order valence-corrected chi connectivity index (χ0v) is 20.1. The van der Waals surface area contributed by atoms with Crippen LogP contribution in [0.4, 0.5) is 0 Å². The average Bonchev–Trinajstić information content (AvgIpc) is 3.64. The van der Waals surface area contributed by atoms with Gasteiger partial charge < -0.3 is 15.3 Å². The van der Waals surface area contributed by atoms with Gasteiger partial charge in [-0.25, -0.2) is 0 Å². The lowest BCUT2D eigenvalue weighted by Gasteiger charge is -2.34. The van der Waals surface area contributed by atoms with E-state index in [-0.39, 0.29) is 24.0 Å². The van der Waals surface area contributed by atoms with Crippen LogP contribution >= 0.6 is 23.4 Å². The molecule has 1 aromatic heterocycles. The van der Waals surface area contributed by atoms with E-state index >= 15 is 0 Å². The third-order valence-corrected chi connectivity index (χ3v) is 8.46. The molecule has 35 heavy (non-hydrogen) atoms. The standard InChI is InChI=1S/C23H22ClN7O3S/c24-14-1-3-18(30-11-26-28-29-30)16(8-14)12-5-15-2-4-19(31(15)21(32)7-12)22-25-9-17(27-22)20-6-13(10-35-20)23(33)34/h1,3,6-8,11,13,15,17,19H,2,4-5,9-10H2,(H,25,27)(H,33,34)/t13?,15?,17?,19-/m0/s1. The fraction of sp³-hybridized carbons (Fsp3) is 0.391. The molecule has 4 aliphatic rings. The summed E-state index contributed by atoms with van der Waals surface area (Å²) in [6, 6.07) is 5.43. The summed E-state index contributed by atoms with van der Waals surface area (Å²) in [5, 5.41) is 24.8. The van der Waals surface area contributed by atoms with Gasteiger partial charge in [0.05, 0.1) is 30.2 Å². The molecule has 0 aliphatic carbocycles. The van der Waals surface area contributed by atoms with E-state index in [4.69, 9.17) is 16.6 Å². The second kappa shape index (κ2) is 8.80. The number of fused-ring (bicyclic) bond motifs is 1. The van der Waals surface area contributed by atoms with E-state index in [1.54, 1.807) is 28.6 Å². The molecule has 0 bridgehead atoms. The molecular formula is C23H22ClN7O3S. The minimum Gasteiger partial charge on any atom is -0.481 e. The average molecular weight is 512 g/mol. The van der Waals surface area contributed by atoms with Crippen molar-refractivity contribution in [3.63, 3.8) is 0 Å². The maximum Gasteiger partial charge on any atom is 0.311 e. The highest BCUT2D eigenvalue weighted by atomic mass is 35.5. The van der Waals surface area contributed by atoms with E-state index in [9.17, 15) is 14.7 Å². The van der Waals surface area contributed by atoms with E-state index in [0.29, 0.717) is 23.7 Å². The maximum absolute atomic E-state index is 13.4. The summed E-state index contributed by atoms with van der Waals surface area (Å²) in [6.07, 6.45) is 7.44. The lowest BCUT2D eigenvalue weighted by Crippen LogP contribution is -2.50. The van der Waals surface area contributed by atoms with Gasteiger partial charge in [0, 0.05) is 33.4 Å². The Bertz CT molecular complexity index is 1290. The number of carbonyl (C=O) groups is 2. The third kappa shape index (κ3) is 4.02. The second-order valence-corrected chi connectivity index (χ2v) is 10.6. The predicted molar refractivity (Wildman–Crippen MR) is 131 cm³/mol. The molecule has 4 atom stereocenters. The van der Waals surface area contributed by atoms with Gasteiger partial charge in [-0.2, -0.15) is 4.68 Å². The molecule has 1 fully saturated rings. The Morgan fingerprint density at radius 1 is 1.29 bits per heavy atom. The van der Waals surface area contributed by atoms with Gasteiger partial charge in [0.1, 0.15) is 12.2 Å². The van der Waals surface area contributed by atoms with Gasteiger partial charge in [-0.05, 0) is 53.5 Å². The largest absolute Gasteiger partial charge is 0.481 e. The van der Waals surface area contributed by atoms with Crippen molar-refractivity contribution in [3.05, 3.63) is 52.2 Å². The lowest BCUT2D eigenvalue weighted by atomic mass is 9.92. The van der Waals surface area contributed by atoms with Crippen LogP contribution in [0.25, 0.3) is 11.3 Å². The molecule has 5 heterocycles. The summed E-state index contributed by atoms with van der Waals surface area (Å²) in [6.45, 7) is 0.558. The molecular weight excluding hydrogens is 490 g/mol. The first-order valence-electron chi connectivity index (χ1n) is 11.4. The fourth-order valence-electron chi connectivity index (χ4n) is 5.31. The van der Waals surface area contributed by atoms with E-state index in [1.807, 2.05) is 23.1 Å². The van der Waals surface area contributed by atoms with Crippen LogP contribution in [0.2, 0.25) is 5.02 Å². The van der Waals surface area contributed by atoms with Crippen molar-refractivity contribution < 1.29 is 14.7 Å². The number of amides is 1. The number of nitrogens with zero attached hydrogens (tertiary/aromatic N) is 6. The highest BCUT2D eigenvalue weighted by Crippen LogP contribution is 2.39. The van der Waals surface area contributed by atoms with Crippen molar-refractivity contribution in [1.29, 1.82) is 0 Å². The zero-order chi connectivity index (χ0) is 24.1. The molecule has 4 aliphatic heterocycles. The van der Waals surface area contributed by atoms with Gasteiger partial charge in [-0.15, -0.1) is 16.9 Å². The minimum absolute atomic E-state index is 0.0188. The topological polar surface area (TPSA) is 126 Å². The molecule has 180 valence electrons. The quantitative estimate of drug-likeness (QED) is 0.625. The van der Waals surface area contributed by atoms with Crippen LogP contribution < -0.4 is 5.32 Å². The van der Waals surface area contributed by atoms with Crippen molar-refractivity contribution in [2.75, 3.05) is 12.3 Å². The van der Waals surface area contributed by atoms with Crippen LogP contribution in [0.3, 0.4) is 0 Å². The molecule has 6 rings (SSSR count). The Labute approximate surface area is 210 Å². The van der Waals surface area contributed by atoms with Gasteiger partial charge in [-0.3, -0.25) is 14.6 Å². The Morgan fingerprint density at radius 2 is 2.17 bits per heavy atom. The van der Waals surface area contributed by atoms with Crippen LogP contribution in [0.5, 0.6) is 0 Å².